The Morgan fingerprint density at radius 1 is 0.968 bits per heavy atom. The summed E-state index contributed by atoms with van der Waals surface area (Å²) in [4.78, 5) is 13.4. The Morgan fingerprint density at radius 2 is 1.61 bits per heavy atom. The van der Waals surface area contributed by atoms with Crippen LogP contribution in [0.15, 0.2) is 24.3 Å². The first kappa shape index (κ1) is 22.4. The normalized spacial score (nSPS) is 14.7. The largest absolute Gasteiger partial charge is 0.496 e. The highest BCUT2D eigenvalue weighted by Crippen LogP contribution is 2.45. The Labute approximate surface area is 182 Å². The number of rotatable bonds is 8. The molecule has 0 bridgehead atoms. The molecule has 1 unspecified atom stereocenters. The third-order valence-electron chi connectivity index (χ3n) is 5.21. The van der Waals surface area contributed by atoms with Crippen LogP contribution >= 0.6 is 0 Å². The quantitative estimate of drug-likeness (QED) is 0.635. The van der Waals surface area contributed by atoms with Gasteiger partial charge in [-0.15, -0.1) is 0 Å². The first-order valence-corrected chi connectivity index (χ1v) is 9.92. The standard InChI is InChI=1S/C23H29NO7/c1-24(2)22(25)13-30-15-11-18(26-3)16-7-8-17(31-19(16)12-15)14-9-20(27-4)23(29-6)21(10-14)28-5/h9-12,17H,7-8,13H2,1-6H3. The molecule has 31 heavy (non-hydrogen) atoms. The minimum atomic E-state index is -0.218. The summed E-state index contributed by atoms with van der Waals surface area (Å²) in [5.41, 5.74) is 1.88. The van der Waals surface area contributed by atoms with Crippen LogP contribution in [-0.2, 0) is 11.2 Å². The van der Waals surface area contributed by atoms with Gasteiger partial charge in [0.15, 0.2) is 18.1 Å². The zero-order chi connectivity index (χ0) is 22.5. The Kier molecular flexibility index (Phi) is 6.99. The number of nitrogens with zero attached hydrogens (tertiary/aromatic N) is 1. The first-order chi connectivity index (χ1) is 14.9. The van der Waals surface area contributed by atoms with E-state index in [1.807, 2.05) is 12.1 Å². The summed E-state index contributed by atoms with van der Waals surface area (Å²) in [5, 5.41) is 0. The summed E-state index contributed by atoms with van der Waals surface area (Å²) in [5.74, 6) is 3.40. The molecule has 0 aliphatic carbocycles. The third-order valence-corrected chi connectivity index (χ3v) is 5.21. The van der Waals surface area contributed by atoms with Crippen LogP contribution in [0.4, 0.5) is 0 Å². The van der Waals surface area contributed by atoms with Crippen molar-refractivity contribution in [2.75, 3.05) is 49.1 Å². The highest BCUT2D eigenvalue weighted by atomic mass is 16.5. The molecule has 1 heterocycles. The van der Waals surface area contributed by atoms with Gasteiger partial charge in [0, 0.05) is 31.8 Å². The van der Waals surface area contributed by atoms with Crippen LogP contribution in [0.3, 0.4) is 0 Å². The van der Waals surface area contributed by atoms with Crippen molar-refractivity contribution < 1.29 is 33.2 Å². The molecule has 3 rings (SSSR count). The smallest absolute Gasteiger partial charge is 0.259 e. The summed E-state index contributed by atoms with van der Waals surface area (Å²) < 4.78 is 33.9. The van der Waals surface area contributed by atoms with Crippen LogP contribution in [0.5, 0.6) is 34.5 Å². The lowest BCUT2D eigenvalue weighted by atomic mass is 9.96. The predicted octanol–water partition coefficient (Wildman–Crippen LogP) is 3.25. The van der Waals surface area contributed by atoms with Crippen LogP contribution < -0.4 is 28.4 Å². The van der Waals surface area contributed by atoms with E-state index in [0.29, 0.717) is 34.5 Å². The second-order valence-electron chi connectivity index (χ2n) is 7.28. The molecular formula is C23H29NO7. The van der Waals surface area contributed by atoms with Gasteiger partial charge in [0.05, 0.1) is 28.4 Å². The minimum Gasteiger partial charge on any atom is -0.496 e. The lowest BCUT2D eigenvalue weighted by Crippen LogP contribution is -2.27. The first-order valence-electron chi connectivity index (χ1n) is 9.92. The zero-order valence-electron chi connectivity index (χ0n) is 18.8. The molecule has 0 N–H and O–H groups in total. The van der Waals surface area contributed by atoms with Crippen molar-refractivity contribution in [3.8, 4) is 34.5 Å². The average molecular weight is 431 g/mol. The molecule has 1 aliphatic rings. The maximum atomic E-state index is 11.9. The monoisotopic (exact) mass is 431 g/mol. The summed E-state index contributed by atoms with van der Waals surface area (Å²) in [6, 6.07) is 7.37. The van der Waals surface area contributed by atoms with E-state index in [-0.39, 0.29) is 18.6 Å². The maximum absolute atomic E-state index is 11.9. The molecule has 0 spiro atoms. The number of benzene rings is 2. The molecule has 0 fully saturated rings. The van der Waals surface area contributed by atoms with Crippen molar-refractivity contribution in [2.24, 2.45) is 0 Å². The van der Waals surface area contributed by atoms with Crippen LogP contribution in [-0.4, -0.2) is 59.9 Å². The molecule has 2 aromatic rings. The third kappa shape index (κ3) is 4.73. The van der Waals surface area contributed by atoms with Crippen molar-refractivity contribution >= 4 is 5.91 Å². The Hall–Kier alpha value is -3.29. The molecule has 1 aliphatic heterocycles. The molecule has 0 aromatic heterocycles. The molecule has 1 atom stereocenters. The van der Waals surface area contributed by atoms with Gasteiger partial charge < -0.3 is 33.3 Å². The van der Waals surface area contributed by atoms with Gasteiger partial charge in [-0.2, -0.15) is 0 Å². The van der Waals surface area contributed by atoms with Crippen LogP contribution in [0.25, 0.3) is 0 Å². The average Bonchev–Trinajstić information content (AvgIpc) is 2.80. The molecule has 1 amide bonds. The SMILES string of the molecule is COc1cc(OCC(=O)N(C)C)cc2c1CCC(c1cc(OC)c(OC)c(OC)c1)O2. The second-order valence-corrected chi connectivity index (χ2v) is 7.28. The van der Waals surface area contributed by atoms with Crippen LogP contribution in [0.1, 0.15) is 23.7 Å². The summed E-state index contributed by atoms with van der Waals surface area (Å²) in [6.07, 6.45) is 1.29. The summed E-state index contributed by atoms with van der Waals surface area (Å²) in [7, 11) is 9.72. The molecule has 0 radical (unpaired) electrons. The Balaban J connectivity index is 1.90. The summed E-state index contributed by atoms with van der Waals surface area (Å²) >= 11 is 0. The fraction of sp³-hybridized carbons (Fsp3) is 0.435. The molecular weight excluding hydrogens is 402 g/mol. The fourth-order valence-corrected chi connectivity index (χ4v) is 3.50. The summed E-state index contributed by atoms with van der Waals surface area (Å²) in [6.45, 7) is -0.0642. The van der Waals surface area contributed by atoms with Crippen LogP contribution in [0, 0.1) is 0 Å². The Morgan fingerprint density at radius 3 is 2.16 bits per heavy atom. The topological polar surface area (TPSA) is 75.7 Å². The number of carbonyl (C=O) groups is 1. The van der Waals surface area contributed by atoms with Gasteiger partial charge in [-0.05, 0) is 30.5 Å². The van der Waals surface area contributed by atoms with E-state index in [9.17, 15) is 4.79 Å². The lowest BCUT2D eigenvalue weighted by molar-refractivity contribution is -0.130. The van der Waals surface area contributed by atoms with Crippen molar-refractivity contribution in [3.63, 3.8) is 0 Å². The highest BCUT2D eigenvalue weighted by molar-refractivity contribution is 5.77. The number of carbonyl (C=O) groups excluding carboxylic acids is 1. The number of likely N-dealkylation sites (N-methyl/N-ethyl adjacent to an activating group) is 1. The molecule has 0 saturated carbocycles. The number of methoxy groups -OCH3 is 4. The van der Waals surface area contributed by atoms with E-state index >= 15 is 0 Å². The second kappa shape index (κ2) is 9.68. The van der Waals surface area contributed by atoms with E-state index in [1.54, 1.807) is 54.7 Å². The van der Waals surface area contributed by atoms with Gasteiger partial charge in [-0.25, -0.2) is 0 Å². The number of hydrogen-bond donors (Lipinski definition) is 0. The van der Waals surface area contributed by atoms with Crippen molar-refractivity contribution in [2.45, 2.75) is 18.9 Å². The molecule has 8 heteroatoms. The Bertz CT molecular complexity index is 917. The van der Waals surface area contributed by atoms with Gasteiger partial charge in [0.25, 0.3) is 5.91 Å². The van der Waals surface area contributed by atoms with Gasteiger partial charge in [0.1, 0.15) is 23.4 Å². The van der Waals surface area contributed by atoms with Crippen molar-refractivity contribution in [3.05, 3.63) is 35.4 Å². The molecule has 8 nitrogen and oxygen atoms in total. The molecule has 0 saturated heterocycles. The minimum absolute atomic E-state index is 0.0642. The number of fused-ring (bicyclic) bond motifs is 1. The molecule has 168 valence electrons. The van der Waals surface area contributed by atoms with Gasteiger partial charge in [0.2, 0.25) is 5.75 Å². The van der Waals surface area contributed by atoms with E-state index in [0.717, 1.165) is 24.0 Å². The number of hydrogen-bond acceptors (Lipinski definition) is 7. The maximum Gasteiger partial charge on any atom is 0.259 e. The van der Waals surface area contributed by atoms with E-state index in [1.165, 1.54) is 4.90 Å². The predicted molar refractivity (Wildman–Crippen MR) is 115 cm³/mol. The van der Waals surface area contributed by atoms with Crippen LogP contribution in [0.2, 0.25) is 0 Å². The highest BCUT2D eigenvalue weighted by Gasteiger charge is 2.27. The van der Waals surface area contributed by atoms with E-state index < -0.39 is 0 Å². The van der Waals surface area contributed by atoms with Crippen molar-refractivity contribution in [1.29, 1.82) is 0 Å². The van der Waals surface area contributed by atoms with Gasteiger partial charge >= 0.3 is 0 Å². The molecule has 2 aromatic carbocycles. The van der Waals surface area contributed by atoms with E-state index in [4.69, 9.17) is 28.4 Å². The fourth-order valence-electron chi connectivity index (χ4n) is 3.50. The van der Waals surface area contributed by atoms with E-state index in [2.05, 4.69) is 0 Å². The lowest BCUT2D eigenvalue weighted by Gasteiger charge is -2.29. The number of ether oxygens (including phenoxy) is 6. The van der Waals surface area contributed by atoms with Gasteiger partial charge in [-0.1, -0.05) is 0 Å². The van der Waals surface area contributed by atoms with Crippen molar-refractivity contribution in [1.82, 2.24) is 4.90 Å². The van der Waals surface area contributed by atoms with Gasteiger partial charge in [-0.3, -0.25) is 4.79 Å². The number of amides is 1. The zero-order valence-corrected chi connectivity index (χ0v) is 18.8.